The lowest BCUT2D eigenvalue weighted by atomic mass is 9.78. The van der Waals surface area contributed by atoms with Crippen LogP contribution in [0.3, 0.4) is 0 Å². The standard InChI is InChI=1S/C11H20BN3O3/c16-10(15-5-1-2-9(15)12(17)18)7-14-11-3-4-13-8(11)6-11/h8-9,13-14,17-18H,1-7H2/t8?,9-,11+/m0/s1. The number of hydrogen-bond donors (Lipinski definition) is 4. The minimum atomic E-state index is -1.42. The number of carbonyl (C=O) groups is 1. The number of piperidine rings is 1. The number of rotatable bonds is 4. The maximum Gasteiger partial charge on any atom is 0.475 e. The van der Waals surface area contributed by atoms with Gasteiger partial charge in [-0.3, -0.25) is 4.79 Å². The van der Waals surface area contributed by atoms with Gasteiger partial charge in [-0.25, -0.2) is 0 Å². The molecule has 1 amide bonds. The molecule has 2 saturated heterocycles. The van der Waals surface area contributed by atoms with Crippen LogP contribution in [-0.4, -0.2) is 65.1 Å². The summed E-state index contributed by atoms with van der Waals surface area (Å²) in [6, 6.07) is 0.531. The first-order valence-corrected chi connectivity index (χ1v) is 6.76. The Balaban J connectivity index is 1.52. The van der Waals surface area contributed by atoms with Crippen LogP contribution in [0, 0.1) is 0 Å². The summed E-state index contributed by atoms with van der Waals surface area (Å²) in [5.74, 6) is -0.439. The molecule has 18 heavy (non-hydrogen) atoms. The van der Waals surface area contributed by atoms with E-state index in [1.165, 1.54) is 0 Å². The molecule has 3 atom stereocenters. The van der Waals surface area contributed by atoms with Crippen molar-refractivity contribution in [3.05, 3.63) is 0 Å². The smallest absolute Gasteiger partial charge is 0.426 e. The summed E-state index contributed by atoms with van der Waals surface area (Å²) >= 11 is 0. The Hall–Kier alpha value is -0.625. The minimum Gasteiger partial charge on any atom is -0.426 e. The molecule has 0 aromatic rings. The molecule has 0 spiro atoms. The highest BCUT2D eigenvalue weighted by Gasteiger charge is 2.57. The van der Waals surface area contributed by atoms with E-state index in [1.807, 2.05) is 0 Å². The van der Waals surface area contributed by atoms with Crippen molar-refractivity contribution in [1.82, 2.24) is 15.5 Å². The summed E-state index contributed by atoms with van der Waals surface area (Å²) in [6.45, 7) is 1.96. The average molecular weight is 253 g/mol. The van der Waals surface area contributed by atoms with Gasteiger partial charge < -0.3 is 25.6 Å². The number of nitrogens with one attached hydrogen (secondary N) is 2. The fourth-order valence-corrected chi connectivity index (χ4v) is 3.37. The Labute approximate surface area is 107 Å². The number of fused-ring (bicyclic) bond motifs is 1. The third-order valence-corrected chi connectivity index (χ3v) is 4.59. The summed E-state index contributed by atoms with van der Waals surface area (Å²) in [5.41, 5.74) is 0.142. The first-order chi connectivity index (χ1) is 8.62. The lowest BCUT2D eigenvalue weighted by Gasteiger charge is -2.25. The van der Waals surface area contributed by atoms with E-state index >= 15 is 0 Å². The van der Waals surface area contributed by atoms with Gasteiger partial charge in [0.15, 0.2) is 0 Å². The summed E-state index contributed by atoms with van der Waals surface area (Å²) in [4.78, 5) is 13.7. The highest BCUT2D eigenvalue weighted by molar-refractivity contribution is 6.43. The van der Waals surface area contributed by atoms with Crippen molar-refractivity contribution in [3.8, 4) is 0 Å². The Morgan fingerprint density at radius 2 is 2.39 bits per heavy atom. The lowest BCUT2D eigenvalue weighted by Crippen LogP contribution is -2.50. The van der Waals surface area contributed by atoms with Crippen molar-refractivity contribution in [2.24, 2.45) is 0 Å². The molecule has 3 fully saturated rings. The van der Waals surface area contributed by atoms with Gasteiger partial charge in [-0.15, -0.1) is 0 Å². The van der Waals surface area contributed by atoms with Gasteiger partial charge in [0.25, 0.3) is 0 Å². The maximum absolute atomic E-state index is 12.1. The van der Waals surface area contributed by atoms with E-state index in [0.29, 0.717) is 25.6 Å². The number of carbonyl (C=O) groups excluding carboxylic acids is 1. The zero-order chi connectivity index (χ0) is 12.8. The topological polar surface area (TPSA) is 84.8 Å². The predicted molar refractivity (Wildman–Crippen MR) is 66.7 cm³/mol. The Bertz CT molecular complexity index is 354. The molecule has 1 aliphatic carbocycles. The molecule has 7 heteroatoms. The zero-order valence-corrected chi connectivity index (χ0v) is 10.4. The molecule has 100 valence electrons. The van der Waals surface area contributed by atoms with Crippen LogP contribution >= 0.6 is 0 Å². The molecule has 1 unspecified atom stereocenters. The van der Waals surface area contributed by atoms with Crippen molar-refractivity contribution in [2.75, 3.05) is 19.6 Å². The molecule has 1 saturated carbocycles. The van der Waals surface area contributed by atoms with Gasteiger partial charge in [-0.2, -0.15) is 0 Å². The summed E-state index contributed by atoms with van der Waals surface area (Å²) in [6.07, 6.45) is 3.71. The van der Waals surface area contributed by atoms with Crippen LogP contribution in [0.15, 0.2) is 0 Å². The zero-order valence-electron chi connectivity index (χ0n) is 10.4. The van der Waals surface area contributed by atoms with Crippen LogP contribution in [0.4, 0.5) is 0 Å². The van der Waals surface area contributed by atoms with Gasteiger partial charge in [0, 0.05) is 18.1 Å². The number of likely N-dealkylation sites (tertiary alicyclic amines) is 1. The Kier molecular flexibility index (Phi) is 3.09. The molecule has 3 aliphatic rings. The van der Waals surface area contributed by atoms with Crippen LogP contribution in [-0.2, 0) is 4.79 Å². The Morgan fingerprint density at radius 3 is 3.00 bits per heavy atom. The van der Waals surface area contributed by atoms with Crippen LogP contribution in [0.1, 0.15) is 25.7 Å². The second kappa shape index (κ2) is 4.49. The minimum absolute atomic E-state index is 0.0162. The molecule has 0 radical (unpaired) electrons. The molecule has 0 aromatic heterocycles. The fourth-order valence-electron chi connectivity index (χ4n) is 3.37. The highest BCUT2D eigenvalue weighted by atomic mass is 16.4. The number of hydrogen-bond acceptors (Lipinski definition) is 5. The number of nitrogens with zero attached hydrogens (tertiary/aromatic N) is 1. The molecule has 4 N–H and O–H groups in total. The van der Waals surface area contributed by atoms with Crippen LogP contribution in [0.25, 0.3) is 0 Å². The molecule has 3 rings (SSSR count). The van der Waals surface area contributed by atoms with Crippen LogP contribution in [0.5, 0.6) is 0 Å². The lowest BCUT2D eigenvalue weighted by molar-refractivity contribution is -0.130. The number of amides is 1. The first kappa shape index (κ1) is 12.4. The predicted octanol–water partition coefficient (Wildman–Crippen LogP) is -1.92. The molecule has 0 bridgehead atoms. The maximum atomic E-state index is 12.1. The van der Waals surface area contributed by atoms with Gasteiger partial charge in [-0.1, -0.05) is 0 Å². The second-order valence-electron chi connectivity index (χ2n) is 5.68. The van der Waals surface area contributed by atoms with E-state index in [0.717, 1.165) is 25.8 Å². The molecular formula is C11H20BN3O3. The van der Waals surface area contributed by atoms with E-state index < -0.39 is 13.1 Å². The largest absolute Gasteiger partial charge is 0.475 e. The molecule has 2 heterocycles. The quantitative estimate of drug-likeness (QED) is 0.439. The van der Waals surface area contributed by atoms with Crippen molar-refractivity contribution in [1.29, 1.82) is 0 Å². The second-order valence-corrected chi connectivity index (χ2v) is 5.68. The molecular weight excluding hydrogens is 233 g/mol. The van der Waals surface area contributed by atoms with Gasteiger partial charge in [0.05, 0.1) is 12.5 Å². The SMILES string of the molecule is O=C(CN[C@@]12CCNC1C2)N1CCC[C@H]1B(O)O. The van der Waals surface area contributed by atoms with Gasteiger partial charge >= 0.3 is 7.12 Å². The fraction of sp³-hybridized carbons (Fsp3) is 0.909. The molecule has 2 aliphatic heterocycles. The van der Waals surface area contributed by atoms with Crippen molar-refractivity contribution in [3.63, 3.8) is 0 Å². The third kappa shape index (κ3) is 2.05. The van der Waals surface area contributed by atoms with E-state index in [2.05, 4.69) is 10.6 Å². The van der Waals surface area contributed by atoms with E-state index in [1.54, 1.807) is 4.90 Å². The average Bonchev–Trinajstić information content (AvgIpc) is 2.77. The summed E-state index contributed by atoms with van der Waals surface area (Å²) in [5, 5.41) is 25.2. The molecule has 0 aromatic carbocycles. The highest BCUT2D eigenvalue weighted by Crippen LogP contribution is 2.42. The van der Waals surface area contributed by atoms with Crippen LogP contribution < -0.4 is 10.6 Å². The summed E-state index contributed by atoms with van der Waals surface area (Å²) in [7, 11) is -1.42. The normalized spacial score (nSPS) is 37.8. The van der Waals surface area contributed by atoms with Crippen molar-refractivity contribution < 1.29 is 14.8 Å². The van der Waals surface area contributed by atoms with Crippen molar-refractivity contribution in [2.45, 2.75) is 43.2 Å². The van der Waals surface area contributed by atoms with Gasteiger partial charge in [0.2, 0.25) is 5.91 Å². The van der Waals surface area contributed by atoms with E-state index in [9.17, 15) is 14.8 Å². The van der Waals surface area contributed by atoms with Gasteiger partial charge in [0.1, 0.15) is 0 Å². The first-order valence-electron chi connectivity index (χ1n) is 6.76. The van der Waals surface area contributed by atoms with E-state index in [4.69, 9.17) is 0 Å². The molecule has 6 nitrogen and oxygen atoms in total. The Morgan fingerprint density at radius 1 is 1.56 bits per heavy atom. The third-order valence-electron chi connectivity index (χ3n) is 4.59. The van der Waals surface area contributed by atoms with Crippen LogP contribution in [0.2, 0.25) is 0 Å². The van der Waals surface area contributed by atoms with Crippen molar-refractivity contribution >= 4 is 13.0 Å². The monoisotopic (exact) mass is 253 g/mol. The van der Waals surface area contributed by atoms with Gasteiger partial charge in [-0.05, 0) is 32.2 Å². The summed E-state index contributed by atoms with van der Waals surface area (Å²) < 4.78 is 0. The van der Waals surface area contributed by atoms with E-state index in [-0.39, 0.29) is 11.4 Å².